The first-order valence-electron chi connectivity index (χ1n) is 10.1. The van der Waals surface area contributed by atoms with E-state index in [4.69, 9.17) is 5.73 Å². The highest BCUT2D eigenvalue weighted by Gasteiger charge is 2.24. The molecule has 12 nitrogen and oxygen atoms in total. The van der Waals surface area contributed by atoms with Crippen molar-refractivity contribution < 1.29 is 4.79 Å². The zero-order chi connectivity index (χ0) is 23.9. The van der Waals surface area contributed by atoms with Crippen LogP contribution in [0.15, 0.2) is 24.9 Å². The Labute approximate surface area is 189 Å². The standard InChI is InChI=1S/C21H23N11O/c1-11-13(8-32(30-11)21(2,3)9-22)27-20-17(18(23)33)28-16(19(24-4)29-20)12-6-25-7-14-15(12)26-10-31(14)5/h6-8,10H,1-5H3,(H2,23,33)(H2,24,27,29). The van der Waals surface area contributed by atoms with E-state index in [-0.39, 0.29) is 11.5 Å². The van der Waals surface area contributed by atoms with Crippen LogP contribution in [0.25, 0.3) is 22.3 Å². The van der Waals surface area contributed by atoms with Crippen molar-refractivity contribution in [2.75, 3.05) is 17.7 Å². The maximum atomic E-state index is 12.3. The molecule has 0 radical (unpaired) electrons. The summed E-state index contributed by atoms with van der Waals surface area (Å²) < 4.78 is 3.38. The van der Waals surface area contributed by atoms with Crippen molar-refractivity contribution in [2.45, 2.75) is 26.3 Å². The second-order valence-corrected chi connectivity index (χ2v) is 8.01. The first-order valence-corrected chi connectivity index (χ1v) is 10.1. The van der Waals surface area contributed by atoms with Crippen LogP contribution in [0.4, 0.5) is 17.3 Å². The average molecular weight is 445 g/mol. The van der Waals surface area contributed by atoms with Gasteiger partial charge in [0, 0.05) is 20.3 Å². The summed E-state index contributed by atoms with van der Waals surface area (Å²) in [6.07, 6.45) is 6.68. The molecule has 168 valence electrons. The zero-order valence-corrected chi connectivity index (χ0v) is 18.9. The number of nitrogens with two attached hydrogens (primary N) is 1. The molecule has 0 saturated heterocycles. The third-order valence-electron chi connectivity index (χ3n) is 5.26. The van der Waals surface area contributed by atoms with E-state index in [2.05, 4.69) is 41.7 Å². The maximum absolute atomic E-state index is 12.3. The van der Waals surface area contributed by atoms with Gasteiger partial charge in [-0.1, -0.05) is 0 Å². The van der Waals surface area contributed by atoms with Crippen LogP contribution in [0.1, 0.15) is 30.0 Å². The molecule has 33 heavy (non-hydrogen) atoms. The lowest BCUT2D eigenvalue weighted by Gasteiger charge is -2.15. The lowest BCUT2D eigenvalue weighted by Crippen LogP contribution is -2.24. The van der Waals surface area contributed by atoms with E-state index in [0.29, 0.717) is 34.0 Å². The number of amides is 1. The van der Waals surface area contributed by atoms with E-state index in [9.17, 15) is 10.1 Å². The Kier molecular flexibility index (Phi) is 5.17. The van der Waals surface area contributed by atoms with E-state index >= 15 is 0 Å². The van der Waals surface area contributed by atoms with Crippen LogP contribution in [0, 0.1) is 18.3 Å². The Morgan fingerprint density at radius 1 is 1.24 bits per heavy atom. The summed E-state index contributed by atoms with van der Waals surface area (Å²) in [6.45, 7) is 5.28. The summed E-state index contributed by atoms with van der Waals surface area (Å²) in [6, 6.07) is 2.20. The van der Waals surface area contributed by atoms with Gasteiger partial charge in [0.05, 0.1) is 47.3 Å². The summed E-state index contributed by atoms with van der Waals surface area (Å²) in [5.41, 5.74) is 8.43. The minimum Gasteiger partial charge on any atom is -0.371 e. The van der Waals surface area contributed by atoms with E-state index in [1.165, 1.54) is 0 Å². The number of rotatable bonds is 6. The minimum absolute atomic E-state index is 0.0522. The van der Waals surface area contributed by atoms with Crippen molar-refractivity contribution >= 4 is 34.3 Å². The number of hydrogen-bond donors (Lipinski definition) is 3. The van der Waals surface area contributed by atoms with E-state index < -0.39 is 11.4 Å². The number of anilines is 3. The molecule has 0 fully saturated rings. The molecule has 0 aliphatic heterocycles. The van der Waals surface area contributed by atoms with Crippen molar-refractivity contribution in [3.05, 3.63) is 36.3 Å². The fraction of sp³-hybridized carbons (Fsp3) is 0.286. The second-order valence-electron chi connectivity index (χ2n) is 8.01. The quantitative estimate of drug-likeness (QED) is 0.403. The van der Waals surface area contributed by atoms with Gasteiger partial charge in [-0.2, -0.15) is 10.4 Å². The van der Waals surface area contributed by atoms with Crippen molar-refractivity contribution in [1.82, 2.24) is 34.3 Å². The molecule has 0 atom stereocenters. The van der Waals surface area contributed by atoms with Gasteiger partial charge in [0.15, 0.2) is 17.3 Å². The van der Waals surface area contributed by atoms with Crippen molar-refractivity contribution in [2.24, 2.45) is 12.8 Å². The third-order valence-corrected chi connectivity index (χ3v) is 5.26. The monoisotopic (exact) mass is 445 g/mol. The smallest absolute Gasteiger partial charge is 0.271 e. The van der Waals surface area contributed by atoms with Gasteiger partial charge in [0.2, 0.25) is 0 Å². The van der Waals surface area contributed by atoms with Crippen LogP contribution >= 0.6 is 0 Å². The van der Waals surface area contributed by atoms with Gasteiger partial charge in [0.25, 0.3) is 5.91 Å². The number of nitriles is 1. The van der Waals surface area contributed by atoms with Crippen molar-refractivity contribution in [3.63, 3.8) is 0 Å². The molecule has 0 spiro atoms. The molecule has 4 aromatic heterocycles. The molecule has 0 unspecified atom stereocenters. The highest BCUT2D eigenvalue weighted by atomic mass is 16.1. The largest absolute Gasteiger partial charge is 0.371 e. The lowest BCUT2D eigenvalue weighted by atomic mass is 10.1. The fourth-order valence-corrected chi connectivity index (χ4v) is 3.32. The summed E-state index contributed by atoms with van der Waals surface area (Å²) in [4.78, 5) is 30.2. The number of fused-ring (bicyclic) bond motifs is 1. The van der Waals surface area contributed by atoms with Gasteiger partial charge in [-0.3, -0.25) is 14.5 Å². The molecule has 4 N–H and O–H groups in total. The molecular formula is C21H23N11O. The number of carbonyl (C=O) groups is 1. The molecule has 4 aromatic rings. The SMILES string of the molecule is CNc1nc(Nc2cn(C(C)(C)C#N)nc2C)c(C(N)=O)nc1-c1cncc2c1ncn2C. The Hall–Kier alpha value is -4.53. The third kappa shape index (κ3) is 3.69. The summed E-state index contributed by atoms with van der Waals surface area (Å²) in [5, 5.41) is 19.9. The van der Waals surface area contributed by atoms with Crippen LogP contribution in [-0.4, -0.2) is 47.2 Å². The molecule has 0 bridgehead atoms. The van der Waals surface area contributed by atoms with Crippen molar-refractivity contribution in [3.8, 4) is 17.3 Å². The number of aromatic nitrogens is 7. The summed E-state index contributed by atoms with van der Waals surface area (Å²) >= 11 is 0. The maximum Gasteiger partial charge on any atom is 0.271 e. The first-order chi connectivity index (χ1) is 15.7. The van der Waals surface area contributed by atoms with Crippen molar-refractivity contribution in [1.29, 1.82) is 5.26 Å². The first kappa shape index (κ1) is 21.7. The summed E-state index contributed by atoms with van der Waals surface area (Å²) in [5.74, 6) is -0.184. The normalized spacial score (nSPS) is 11.4. The molecule has 0 aromatic carbocycles. The number of aryl methyl sites for hydroxylation is 2. The minimum atomic E-state index is -0.850. The highest BCUT2D eigenvalue weighted by molar-refractivity contribution is 5.99. The van der Waals surface area contributed by atoms with E-state index in [1.54, 1.807) is 57.4 Å². The van der Waals surface area contributed by atoms with E-state index in [0.717, 1.165) is 5.52 Å². The molecule has 12 heteroatoms. The highest BCUT2D eigenvalue weighted by Crippen LogP contribution is 2.32. The molecule has 4 rings (SSSR count). The molecular weight excluding hydrogens is 422 g/mol. The number of imidazole rings is 1. The average Bonchev–Trinajstić information content (AvgIpc) is 3.36. The van der Waals surface area contributed by atoms with Gasteiger partial charge < -0.3 is 20.9 Å². The molecule has 0 saturated carbocycles. The number of carbonyl (C=O) groups excluding carboxylic acids is 1. The van der Waals surface area contributed by atoms with Gasteiger partial charge in [-0.05, 0) is 20.8 Å². The predicted molar refractivity (Wildman–Crippen MR) is 123 cm³/mol. The molecule has 1 amide bonds. The van der Waals surface area contributed by atoms with Gasteiger partial charge in [-0.15, -0.1) is 0 Å². The molecule has 0 aliphatic rings. The van der Waals surface area contributed by atoms with Crippen LogP contribution in [-0.2, 0) is 12.6 Å². The van der Waals surface area contributed by atoms with Gasteiger partial charge in [-0.25, -0.2) is 15.0 Å². The number of nitrogens with zero attached hydrogens (tertiary/aromatic N) is 8. The topological polar surface area (TPSA) is 165 Å². The second kappa shape index (κ2) is 7.86. The zero-order valence-electron chi connectivity index (χ0n) is 18.9. The lowest BCUT2D eigenvalue weighted by molar-refractivity contribution is 0.0996. The van der Waals surface area contributed by atoms with E-state index in [1.807, 2.05) is 11.6 Å². The predicted octanol–water partition coefficient (Wildman–Crippen LogP) is 2.07. The van der Waals surface area contributed by atoms with Gasteiger partial charge in [0.1, 0.15) is 16.7 Å². The summed E-state index contributed by atoms with van der Waals surface area (Å²) in [7, 11) is 3.56. The fourth-order valence-electron chi connectivity index (χ4n) is 3.32. The van der Waals surface area contributed by atoms with Crippen LogP contribution in [0.3, 0.4) is 0 Å². The van der Waals surface area contributed by atoms with Crippen LogP contribution in [0.2, 0.25) is 0 Å². The number of nitrogens with one attached hydrogen (secondary N) is 2. The van der Waals surface area contributed by atoms with Crippen LogP contribution < -0.4 is 16.4 Å². The number of pyridine rings is 1. The van der Waals surface area contributed by atoms with Gasteiger partial charge >= 0.3 is 0 Å². The number of hydrogen-bond acceptors (Lipinski definition) is 9. The molecule has 0 aliphatic carbocycles. The Balaban J connectivity index is 1.85. The Morgan fingerprint density at radius 3 is 2.67 bits per heavy atom. The Bertz CT molecular complexity index is 1420. The molecule has 4 heterocycles. The Morgan fingerprint density at radius 2 is 2.00 bits per heavy atom. The number of primary amides is 1. The van der Waals surface area contributed by atoms with Crippen LogP contribution in [0.5, 0.6) is 0 Å².